The number of rotatable bonds is 4. The van der Waals surface area contributed by atoms with Crippen LogP contribution in [0.15, 0.2) is 39.9 Å². The van der Waals surface area contributed by atoms with E-state index in [1.165, 1.54) is 7.05 Å². The molecule has 0 unspecified atom stereocenters. The van der Waals surface area contributed by atoms with Gasteiger partial charge in [-0.2, -0.15) is 0 Å². The predicted molar refractivity (Wildman–Crippen MR) is 97.8 cm³/mol. The number of ketones is 1. The lowest BCUT2D eigenvalue weighted by atomic mass is 10.1. The largest absolute Gasteiger partial charge is 0.454 e. The van der Waals surface area contributed by atoms with Crippen LogP contribution in [0, 0.1) is 6.92 Å². The van der Waals surface area contributed by atoms with Crippen molar-refractivity contribution in [1.29, 1.82) is 0 Å². The summed E-state index contributed by atoms with van der Waals surface area (Å²) in [4.78, 5) is 54.4. The van der Waals surface area contributed by atoms with E-state index >= 15 is 0 Å². The Hall–Kier alpha value is -3.75. The van der Waals surface area contributed by atoms with Crippen molar-refractivity contribution in [3.05, 3.63) is 68.0 Å². The number of Topliss-reactive ketones (excluding diaryl/α,β-unsaturated/α-hetero) is 1. The molecular weight excluding hydrogens is 352 g/mol. The SMILES string of the molecule is Cc1cc(C(=O)OCC(=O)c2c(N)n(C)c(=O)[nH]c2=O)c2ccccc2n1. The second-order valence-corrected chi connectivity index (χ2v) is 5.91. The minimum absolute atomic E-state index is 0.258. The number of H-pyrrole nitrogens is 1. The normalized spacial score (nSPS) is 10.7. The van der Waals surface area contributed by atoms with Gasteiger partial charge in [0.25, 0.3) is 5.56 Å². The zero-order valence-corrected chi connectivity index (χ0v) is 14.6. The second-order valence-electron chi connectivity index (χ2n) is 5.91. The van der Waals surface area contributed by atoms with Crippen LogP contribution in [0.3, 0.4) is 0 Å². The minimum Gasteiger partial charge on any atom is -0.454 e. The Kier molecular flexibility index (Phi) is 4.59. The zero-order valence-electron chi connectivity index (χ0n) is 14.6. The number of esters is 1. The minimum atomic E-state index is -0.929. The number of pyridine rings is 1. The molecule has 0 aliphatic rings. The van der Waals surface area contributed by atoms with Gasteiger partial charge < -0.3 is 10.5 Å². The van der Waals surface area contributed by atoms with Crippen molar-refractivity contribution in [3.63, 3.8) is 0 Å². The predicted octanol–water partition coefficient (Wildman–Crippen LogP) is 0.552. The maximum absolute atomic E-state index is 12.5. The van der Waals surface area contributed by atoms with Gasteiger partial charge in [0, 0.05) is 18.1 Å². The Labute approximate surface area is 152 Å². The van der Waals surface area contributed by atoms with Gasteiger partial charge in [0.05, 0.1) is 11.1 Å². The molecule has 0 fully saturated rings. The molecule has 0 amide bonds. The lowest BCUT2D eigenvalue weighted by molar-refractivity contribution is 0.0476. The Morgan fingerprint density at radius 1 is 1.26 bits per heavy atom. The number of fused-ring (bicyclic) bond motifs is 1. The highest BCUT2D eigenvalue weighted by molar-refractivity contribution is 6.06. The number of nitrogens with one attached hydrogen (secondary N) is 1. The number of nitrogen functional groups attached to an aromatic ring is 1. The molecule has 0 saturated heterocycles. The summed E-state index contributed by atoms with van der Waals surface area (Å²) in [5.41, 5.74) is 5.06. The summed E-state index contributed by atoms with van der Waals surface area (Å²) in [6, 6.07) is 8.58. The van der Waals surface area contributed by atoms with Crippen LogP contribution in [-0.2, 0) is 11.8 Å². The highest BCUT2D eigenvalue weighted by Gasteiger charge is 2.21. The summed E-state index contributed by atoms with van der Waals surface area (Å²) in [5.74, 6) is -1.84. The zero-order chi connectivity index (χ0) is 19.7. The fourth-order valence-corrected chi connectivity index (χ4v) is 2.66. The molecule has 3 N–H and O–H groups in total. The number of anilines is 1. The van der Waals surface area contributed by atoms with E-state index in [4.69, 9.17) is 10.5 Å². The molecule has 0 bridgehead atoms. The summed E-state index contributed by atoms with van der Waals surface area (Å²) in [6.45, 7) is 1.04. The van der Waals surface area contributed by atoms with Crippen molar-refractivity contribution in [3.8, 4) is 0 Å². The summed E-state index contributed by atoms with van der Waals surface area (Å²) < 4.78 is 6.00. The van der Waals surface area contributed by atoms with Crippen molar-refractivity contribution in [1.82, 2.24) is 14.5 Å². The van der Waals surface area contributed by atoms with Crippen molar-refractivity contribution >= 4 is 28.5 Å². The number of aromatic nitrogens is 3. The third-order valence-electron chi connectivity index (χ3n) is 4.05. The Balaban J connectivity index is 1.87. The van der Waals surface area contributed by atoms with Crippen LogP contribution in [0.25, 0.3) is 10.9 Å². The van der Waals surface area contributed by atoms with Crippen LogP contribution < -0.4 is 17.0 Å². The van der Waals surface area contributed by atoms with Gasteiger partial charge in [-0.3, -0.25) is 24.1 Å². The number of nitrogens with two attached hydrogens (primary N) is 1. The van der Waals surface area contributed by atoms with Crippen LogP contribution in [0.1, 0.15) is 26.4 Å². The number of benzene rings is 1. The number of carbonyl (C=O) groups excluding carboxylic acids is 2. The van der Waals surface area contributed by atoms with E-state index in [1.807, 2.05) is 4.98 Å². The molecule has 138 valence electrons. The molecule has 3 rings (SSSR count). The first-order valence-electron chi connectivity index (χ1n) is 7.95. The monoisotopic (exact) mass is 368 g/mol. The van der Waals surface area contributed by atoms with Crippen molar-refractivity contribution in [2.75, 3.05) is 12.3 Å². The van der Waals surface area contributed by atoms with Gasteiger partial charge in [-0.1, -0.05) is 18.2 Å². The van der Waals surface area contributed by atoms with E-state index in [9.17, 15) is 19.2 Å². The van der Waals surface area contributed by atoms with Crippen LogP contribution in [-0.4, -0.2) is 32.9 Å². The number of hydrogen-bond acceptors (Lipinski definition) is 7. The molecule has 0 aliphatic heterocycles. The van der Waals surface area contributed by atoms with Crippen molar-refractivity contribution < 1.29 is 14.3 Å². The van der Waals surface area contributed by atoms with E-state index in [0.717, 1.165) is 4.57 Å². The van der Waals surface area contributed by atoms with E-state index in [1.54, 1.807) is 37.3 Å². The standard InChI is InChI=1S/C18H16N4O5/c1-9-7-11(10-5-3-4-6-12(10)20-9)17(25)27-8-13(23)14-15(19)22(2)18(26)21-16(14)24/h3-7H,8,19H2,1-2H3,(H,21,24,26). The number of para-hydroxylation sites is 1. The molecule has 0 atom stereocenters. The van der Waals surface area contributed by atoms with Gasteiger partial charge in [-0.25, -0.2) is 9.59 Å². The summed E-state index contributed by atoms with van der Waals surface area (Å²) in [5, 5.41) is 0.583. The molecule has 9 heteroatoms. The first kappa shape index (κ1) is 18.1. The molecule has 3 aromatic rings. The molecular formula is C18H16N4O5. The highest BCUT2D eigenvalue weighted by Crippen LogP contribution is 2.19. The van der Waals surface area contributed by atoms with Gasteiger partial charge in [0.2, 0.25) is 5.78 Å². The fraction of sp³-hybridized carbons (Fsp3) is 0.167. The molecule has 0 radical (unpaired) electrons. The summed E-state index contributed by atoms with van der Waals surface area (Å²) in [7, 11) is 1.31. The molecule has 0 spiro atoms. The second kappa shape index (κ2) is 6.87. The molecule has 27 heavy (non-hydrogen) atoms. The number of aromatic amines is 1. The molecule has 2 heterocycles. The number of carbonyl (C=O) groups is 2. The van der Waals surface area contributed by atoms with Crippen molar-refractivity contribution in [2.45, 2.75) is 6.92 Å². The maximum atomic E-state index is 12.5. The van der Waals surface area contributed by atoms with Crippen LogP contribution in [0.5, 0.6) is 0 Å². The maximum Gasteiger partial charge on any atom is 0.339 e. The lowest BCUT2D eigenvalue weighted by Gasteiger charge is -2.10. The number of hydrogen-bond donors (Lipinski definition) is 2. The van der Waals surface area contributed by atoms with E-state index < -0.39 is 35.2 Å². The average Bonchev–Trinajstić information content (AvgIpc) is 2.63. The highest BCUT2D eigenvalue weighted by atomic mass is 16.5. The van der Waals surface area contributed by atoms with Gasteiger partial charge in [0.1, 0.15) is 11.4 Å². The smallest absolute Gasteiger partial charge is 0.339 e. The number of aryl methyl sites for hydroxylation is 1. The fourth-order valence-electron chi connectivity index (χ4n) is 2.66. The average molecular weight is 368 g/mol. The third kappa shape index (κ3) is 3.34. The molecule has 0 saturated carbocycles. The van der Waals surface area contributed by atoms with E-state index in [-0.39, 0.29) is 11.4 Å². The van der Waals surface area contributed by atoms with E-state index in [2.05, 4.69) is 4.98 Å². The van der Waals surface area contributed by atoms with Crippen molar-refractivity contribution in [2.24, 2.45) is 7.05 Å². The molecule has 2 aromatic heterocycles. The number of nitrogens with zero attached hydrogens (tertiary/aromatic N) is 2. The van der Waals surface area contributed by atoms with Gasteiger partial charge >= 0.3 is 11.7 Å². The quantitative estimate of drug-likeness (QED) is 0.507. The summed E-state index contributed by atoms with van der Waals surface area (Å²) in [6.07, 6.45) is 0. The van der Waals surface area contributed by atoms with Gasteiger partial charge in [-0.05, 0) is 19.1 Å². The first-order valence-corrected chi connectivity index (χ1v) is 7.95. The molecule has 9 nitrogen and oxygen atoms in total. The van der Waals surface area contributed by atoms with E-state index in [0.29, 0.717) is 16.6 Å². The lowest BCUT2D eigenvalue weighted by Crippen LogP contribution is -2.35. The topological polar surface area (TPSA) is 137 Å². The molecule has 0 aliphatic carbocycles. The Morgan fingerprint density at radius 3 is 2.70 bits per heavy atom. The molecule has 1 aromatic carbocycles. The Bertz CT molecular complexity index is 1190. The Morgan fingerprint density at radius 2 is 1.96 bits per heavy atom. The first-order chi connectivity index (χ1) is 12.8. The van der Waals surface area contributed by atoms with Crippen LogP contribution in [0.2, 0.25) is 0 Å². The van der Waals surface area contributed by atoms with Crippen LogP contribution >= 0.6 is 0 Å². The summed E-state index contributed by atoms with van der Waals surface area (Å²) >= 11 is 0. The third-order valence-corrected chi connectivity index (χ3v) is 4.05. The number of ether oxygens (including phenoxy) is 1. The van der Waals surface area contributed by atoms with Gasteiger partial charge in [0.15, 0.2) is 6.61 Å². The van der Waals surface area contributed by atoms with Crippen LogP contribution in [0.4, 0.5) is 5.82 Å². The van der Waals surface area contributed by atoms with Gasteiger partial charge in [-0.15, -0.1) is 0 Å².